The Kier molecular flexibility index (Phi) is 4.97. The van der Waals surface area contributed by atoms with Gasteiger partial charge in [-0.1, -0.05) is 24.3 Å². The molecule has 2 aromatic rings. The molecule has 1 aliphatic heterocycles. The fraction of sp³-hybridized carbons (Fsp3) is 0.368. The Bertz CT molecular complexity index is 678. The van der Waals surface area contributed by atoms with Crippen LogP contribution in [0.15, 0.2) is 42.5 Å². The monoisotopic (exact) mass is 336 g/mol. The molecule has 24 heavy (non-hydrogen) atoms. The van der Waals surface area contributed by atoms with Crippen LogP contribution < -0.4 is 9.47 Å². The minimum absolute atomic E-state index is 0.565. The van der Waals surface area contributed by atoms with E-state index in [1.807, 2.05) is 18.2 Å². The molecule has 0 saturated heterocycles. The summed E-state index contributed by atoms with van der Waals surface area (Å²) in [5.74, 6) is 1.62. The van der Waals surface area contributed by atoms with Crippen molar-refractivity contribution < 1.29 is 22.6 Å². The third-order valence-electron chi connectivity index (χ3n) is 4.09. The van der Waals surface area contributed by atoms with Crippen LogP contribution >= 0.6 is 0 Å². The van der Waals surface area contributed by atoms with E-state index in [1.54, 1.807) is 12.1 Å². The van der Waals surface area contributed by atoms with E-state index >= 15 is 0 Å². The first-order chi connectivity index (χ1) is 11.5. The summed E-state index contributed by atoms with van der Waals surface area (Å²) in [4.78, 5) is 0. The summed E-state index contributed by atoms with van der Waals surface area (Å²) < 4.78 is 48.8. The molecule has 5 heteroatoms. The molecule has 0 aliphatic carbocycles. The van der Waals surface area contributed by atoms with Crippen LogP contribution in [-0.4, -0.2) is 13.2 Å². The largest absolute Gasteiger partial charge is 0.486 e. The van der Waals surface area contributed by atoms with Gasteiger partial charge < -0.3 is 9.47 Å². The van der Waals surface area contributed by atoms with Crippen molar-refractivity contribution in [3.05, 3.63) is 59.2 Å². The van der Waals surface area contributed by atoms with Crippen LogP contribution in [-0.2, 0) is 19.0 Å². The van der Waals surface area contributed by atoms with E-state index < -0.39 is 11.7 Å². The quantitative estimate of drug-likeness (QED) is 0.712. The van der Waals surface area contributed by atoms with Crippen LogP contribution in [0.25, 0.3) is 0 Å². The molecule has 1 aliphatic rings. The standard InChI is InChI=1S/C19H19F3O2/c20-19(21,22)16-10-8-14(9-11-16)4-1-2-5-15-6-3-7-17-18(15)24-13-12-23-17/h3,6-11H,1-2,4-5,12-13H2. The van der Waals surface area contributed by atoms with Crippen molar-refractivity contribution >= 4 is 0 Å². The third kappa shape index (κ3) is 4.02. The van der Waals surface area contributed by atoms with Crippen molar-refractivity contribution in [2.24, 2.45) is 0 Å². The van der Waals surface area contributed by atoms with Gasteiger partial charge in [-0.15, -0.1) is 0 Å². The smallest absolute Gasteiger partial charge is 0.416 e. The van der Waals surface area contributed by atoms with E-state index in [0.717, 1.165) is 60.4 Å². The minimum atomic E-state index is -4.27. The lowest BCUT2D eigenvalue weighted by Crippen LogP contribution is -2.16. The maximum Gasteiger partial charge on any atom is 0.416 e. The number of hydrogen-bond acceptors (Lipinski definition) is 2. The Hall–Kier alpha value is -2.17. The molecule has 0 amide bonds. The summed E-state index contributed by atoms with van der Waals surface area (Å²) in [6.07, 6.45) is -0.776. The second-order valence-electron chi connectivity index (χ2n) is 5.84. The van der Waals surface area contributed by atoms with Crippen molar-refractivity contribution in [2.45, 2.75) is 31.9 Å². The van der Waals surface area contributed by atoms with Crippen molar-refractivity contribution in [3.8, 4) is 11.5 Å². The molecule has 0 unspecified atom stereocenters. The molecule has 0 aromatic heterocycles. The molecule has 128 valence electrons. The zero-order valence-corrected chi connectivity index (χ0v) is 13.2. The van der Waals surface area contributed by atoms with E-state index in [4.69, 9.17) is 9.47 Å². The van der Waals surface area contributed by atoms with Crippen molar-refractivity contribution in [1.82, 2.24) is 0 Å². The Morgan fingerprint density at radius 1 is 0.833 bits per heavy atom. The molecule has 2 nitrogen and oxygen atoms in total. The van der Waals surface area contributed by atoms with Gasteiger partial charge in [0.25, 0.3) is 0 Å². The maximum absolute atomic E-state index is 12.5. The third-order valence-corrected chi connectivity index (χ3v) is 4.09. The van der Waals surface area contributed by atoms with Crippen LogP contribution in [0.1, 0.15) is 29.5 Å². The van der Waals surface area contributed by atoms with Crippen LogP contribution in [0.3, 0.4) is 0 Å². The van der Waals surface area contributed by atoms with Crippen LogP contribution in [0.4, 0.5) is 13.2 Å². The molecule has 3 rings (SSSR count). The number of hydrogen-bond donors (Lipinski definition) is 0. The average Bonchev–Trinajstić information content (AvgIpc) is 2.58. The molecule has 0 spiro atoms. The van der Waals surface area contributed by atoms with E-state index in [1.165, 1.54) is 0 Å². The zero-order chi connectivity index (χ0) is 17.0. The summed E-state index contributed by atoms with van der Waals surface area (Å²) in [6, 6.07) is 11.3. The number of fused-ring (bicyclic) bond motifs is 1. The molecule has 0 radical (unpaired) electrons. The Morgan fingerprint density at radius 3 is 2.29 bits per heavy atom. The van der Waals surface area contributed by atoms with Gasteiger partial charge in [-0.25, -0.2) is 0 Å². The lowest BCUT2D eigenvalue weighted by Gasteiger charge is -2.20. The lowest BCUT2D eigenvalue weighted by molar-refractivity contribution is -0.137. The number of benzene rings is 2. The number of aryl methyl sites for hydroxylation is 2. The fourth-order valence-electron chi connectivity index (χ4n) is 2.84. The molecular weight excluding hydrogens is 317 g/mol. The number of rotatable bonds is 5. The van der Waals surface area contributed by atoms with Crippen LogP contribution in [0, 0.1) is 0 Å². The van der Waals surface area contributed by atoms with E-state index in [0.29, 0.717) is 13.2 Å². The van der Waals surface area contributed by atoms with Gasteiger partial charge in [0.2, 0.25) is 0 Å². The highest BCUT2D eigenvalue weighted by Gasteiger charge is 2.29. The Labute approximate surface area is 139 Å². The van der Waals surface area contributed by atoms with Gasteiger partial charge in [-0.05, 0) is 55.0 Å². The van der Waals surface area contributed by atoms with Crippen molar-refractivity contribution in [1.29, 1.82) is 0 Å². The molecule has 1 heterocycles. The van der Waals surface area contributed by atoms with Crippen LogP contribution in [0.2, 0.25) is 0 Å². The Morgan fingerprint density at radius 2 is 1.54 bits per heavy atom. The van der Waals surface area contributed by atoms with Gasteiger partial charge >= 0.3 is 6.18 Å². The normalized spacial score (nSPS) is 13.8. The summed E-state index contributed by atoms with van der Waals surface area (Å²) in [5, 5.41) is 0. The fourth-order valence-corrected chi connectivity index (χ4v) is 2.84. The first kappa shape index (κ1) is 16.7. The number of unbranched alkanes of at least 4 members (excludes halogenated alkanes) is 1. The minimum Gasteiger partial charge on any atom is -0.486 e. The predicted molar refractivity (Wildman–Crippen MR) is 85.5 cm³/mol. The zero-order valence-electron chi connectivity index (χ0n) is 13.2. The average molecular weight is 336 g/mol. The van der Waals surface area contributed by atoms with E-state index in [9.17, 15) is 13.2 Å². The number of ether oxygens (including phenoxy) is 2. The molecule has 0 saturated carbocycles. The van der Waals surface area contributed by atoms with Crippen molar-refractivity contribution in [3.63, 3.8) is 0 Å². The summed E-state index contributed by atoms with van der Waals surface area (Å²) in [6.45, 7) is 1.14. The highest BCUT2D eigenvalue weighted by Crippen LogP contribution is 2.34. The van der Waals surface area contributed by atoms with E-state index in [-0.39, 0.29) is 0 Å². The SMILES string of the molecule is FC(F)(F)c1ccc(CCCCc2cccc3c2OCCO3)cc1. The van der Waals surface area contributed by atoms with Gasteiger partial charge in [-0.2, -0.15) is 13.2 Å². The second-order valence-corrected chi connectivity index (χ2v) is 5.84. The first-order valence-electron chi connectivity index (χ1n) is 8.08. The number of para-hydroxylation sites is 1. The van der Waals surface area contributed by atoms with Gasteiger partial charge in [0, 0.05) is 0 Å². The number of alkyl halides is 3. The van der Waals surface area contributed by atoms with Crippen LogP contribution in [0.5, 0.6) is 11.5 Å². The molecule has 0 fully saturated rings. The van der Waals surface area contributed by atoms with Crippen molar-refractivity contribution in [2.75, 3.05) is 13.2 Å². The van der Waals surface area contributed by atoms with Gasteiger partial charge in [0.15, 0.2) is 11.5 Å². The van der Waals surface area contributed by atoms with Gasteiger partial charge in [0.1, 0.15) is 13.2 Å². The molecule has 0 N–H and O–H groups in total. The molecule has 0 bridgehead atoms. The van der Waals surface area contributed by atoms with Gasteiger partial charge in [0.05, 0.1) is 5.56 Å². The van der Waals surface area contributed by atoms with E-state index in [2.05, 4.69) is 0 Å². The summed E-state index contributed by atoms with van der Waals surface area (Å²) >= 11 is 0. The topological polar surface area (TPSA) is 18.5 Å². The van der Waals surface area contributed by atoms with Gasteiger partial charge in [-0.3, -0.25) is 0 Å². The molecule has 0 atom stereocenters. The molecular formula is C19H19F3O2. The highest BCUT2D eigenvalue weighted by atomic mass is 19.4. The maximum atomic E-state index is 12.5. The lowest BCUT2D eigenvalue weighted by atomic mass is 10.0. The predicted octanol–water partition coefficient (Wildman–Crippen LogP) is 5.04. The summed E-state index contributed by atoms with van der Waals surface area (Å²) in [5.41, 5.74) is 1.46. The number of halogens is 3. The Balaban J connectivity index is 1.51. The molecule has 2 aromatic carbocycles. The second kappa shape index (κ2) is 7.16. The highest BCUT2D eigenvalue weighted by molar-refractivity contribution is 5.47. The summed E-state index contributed by atoms with van der Waals surface area (Å²) in [7, 11) is 0. The first-order valence-corrected chi connectivity index (χ1v) is 8.08.